The van der Waals surface area contributed by atoms with Gasteiger partial charge in [0.2, 0.25) is 0 Å². The second-order valence-corrected chi connectivity index (χ2v) is 8.16. The van der Waals surface area contributed by atoms with Gasteiger partial charge in [-0.1, -0.05) is 81.4 Å². The molecule has 1 heteroatoms. The lowest BCUT2D eigenvalue weighted by molar-refractivity contribution is 0.207. The highest BCUT2D eigenvalue weighted by Gasteiger charge is 2.26. The summed E-state index contributed by atoms with van der Waals surface area (Å²) in [7, 11) is 0. The molecule has 1 atom stereocenters. The maximum absolute atomic E-state index is 6.26. The maximum Gasteiger partial charge on any atom is 0.124 e. The summed E-state index contributed by atoms with van der Waals surface area (Å²) in [4.78, 5) is 0. The molecular weight excluding hydrogens is 316 g/mol. The summed E-state index contributed by atoms with van der Waals surface area (Å²) in [6, 6.07) is 25.8. The topological polar surface area (TPSA) is 9.23 Å². The molecule has 0 bridgehead atoms. The van der Waals surface area contributed by atoms with Crippen molar-refractivity contribution in [1.29, 1.82) is 0 Å². The predicted molar refractivity (Wildman–Crippen MR) is 109 cm³/mol. The van der Waals surface area contributed by atoms with Crippen LogP contribution in [0.5, 0.6) is 5.75 Å². The van der Waals surface area contributed by atoms with Crippen LogP contribution in [0.1, 0.15) is 50.0 Å². The molecule has 0 radical (unpaired) electrons. The first-order valence-electron chi connectivity index (χ1n) is 9.47. The van der Waals surface area contributed by atoms with Gasteiger partial charge in [-0.3, -0.25) is 0 Å². The molecule has 0 aromatic heterocycles. The minimum atomic E-state index is 0.154. The van der Waals surface area contributed by atoms with E-state index in [0.717, 1.165) is 18.6 Å². The smallest absolute Gasteiger partial charge is 0.124 e. The van der Waals surface area contributed by atoms with Gasteiger partial charge in [-0.05, 0) is 58.2 Å². The van der Waals surface area contributed by atoms with E-state index in [1.54, 1.807) is 0 Å². The maximum atomic E-state index is 6.26. The molecule has 0 spiro atoms. The summed E-state index contributed by atoms with van der Waals surface area (Å²) in [6.07, 6.45) is 2.27. The Kier molecular flexibility index (Phi) is 4.32. The van der Waals surface area contributed by atoms with Gasteiger partial charge in [0, 0.05) is 0 Å². The van der Waals surface area contributed by atoms with Crippen molar-refractivity contribution in [3.05, 3.63) is 89.5 Å². The van der Waals surface area contributed by atoms with Crippen molar-refractivity contribution in [2.45, 2.75) is 45.1 Å². The molecule has 1 aliphatic carbocycles. The van der Waals surface area contributed by atoms with Crippen molar-refractivity contribution >= 4 is 0 Å². The molecule has 4 rings (SSSR count). The first-order valence-corrected chi connectivity index (χ1v) is 9.47. The molecule has 0 saturated heterocycles. The minimum absolute atomic E-state index is 0.154. The van der Waals surface area contributed by atoms with E-state index in [1.165, 1.54) is 27.8 Å². The molecule has 26 heavy (non-hydrogen) atoms. The Hall–Kier alpha value is -2.54. The Morgan fingerprint density at radius 1 is 0.808 bits per heavy atom. The van der Waals surface area contributed by atoms with Crippen LogP contribution < -0.4 is 4.74 Å². The van der Waals surface area contributed by atoms with Crippen molar-refractivity contribution in [3.8, 4) is 16.9 Å². The van der Waals surface area contributed by atoms with Crippen molar-refractivity contribution in [1.82, 2.24) is 0 Å². The van der Waals surface area contributed by atoms with E-state index >= 15 is 0 Å². The minimum Gasteiger partial charge on any atom is -0.486 e. The molecule has 1 nitrogen and oxygen atoms in total. The van der Waals surface area contributed by atoms with Gasteiger partial charge < -0.3 is 4.74 Å². The van der Waals surface area contributed by atoms with Crippen molar-refractivity contribution in [2.24, 2.45) is 0 Å². The molecule has 132 valence electrons. The Morgan fingerprint density at radius 2 is 1.54 bits per heavy atom. The second-order valence-electron chi connectivity index (χ2n) is 8.16. The number of hydrogen-bond acceptors (Lipinski definition) is 1. The Morgan fingerprint density at radius 3 is 2.23 bits per heavy atom. The van der Waals surface area contributed by atoms with Crippen LogP contribution in [0.3, 0.4) is 0 Å². The van der Waals surface area contributed by atoms with E-state index in [0.29, 0.717) is 0 Å². The van der Waals surface area contributed by atoms with Crippen LogP contribution in [-0.2, 0) is 11.8 Å². The molecule has 0 aliphatic heterocycles. The molecule has 0 N–H and O–H groups in total. The highest BCUT2D eigenvalue weighted by atomic mass is 16.5. The van der Waals surface area contributed by atoms with E-state index in [9.17, 15) is 0 Å². The van der Waals surface area contributed by atoms with E-state index < -0.39 is 0 Å². The number of benzene rings is 3. The van der Waals surface area contributed by atoms with Crippen LogP contribution in [0.2, 0.25) is 0 Å². The fraction of sp³-hybridized carbons (Fsp3) is 0.280. The van der Waals surface area contributed by atoms with Gasteiger partial charge in [-0.15, -0.1) is 0 Å². The summed E-state index contributed by atoms with van der Waals surface area (Å²) in [5.41, 5.74) is 6.99. The van der Waals surface area contributed by atoms with Crippen LogP contribution in [0, 0.1) is 0 Å². The fourth-order valence-electron chi connectivity index (χ4n) is 3.82. The predicted octanol–water partition coefficient (Wildman–Crippen LogP) is 6.72. The Labute approximate surface area is 156 Å². The average molecular weight is 342 g/mol. The number of fused-ring (bicyclic) bond motifs is 1. The van der Waals surface area contributed by atoms with Gasteiger partial charge in [0.25, 0.3) is 0 Å². The van der Waals surface area contributed by atoms with Gasteiger partial charge in [-0.25, -0.2) is 0 Å². The zero-order valence-corrected chi connectivity index (χ0v) is 15.8. The first-order chi connectivity index (χ1) is 12.5. The lowest BCUT2D eigenvalue weighted by Gasteiger charge is -2.19. The largest absolute Gasteiger partial charge is 0.486 e. The molecule has 3 aromatic carbocycles. The van der Waals surface area contributed by atoms with Crippen LogP contribution in [0.15, 0.2) is 72.8 Å². The number of rotatable bonds is 3. The van der Waals surface area contributed by atoms with E-state index in [-0.39, 0.29) is 11.5 Å². The van der Waals surface area contributed by atoms with Gasteiger partial charge in [0.15, 0.2) is 0 Å². The van der Waals surface area contributed by atoms with Crippen LogP contribution >= 0.6 is 0 Å². The van der Waals surface area contributed by atoms with Crippen LogP contribution in [-0.4, -0.2) is 0 Å². The lowest BCUT2D eigenvalue weighted by Crippen LogP contribution is -2.10. The van der Waals surface area contributed by atoms with Crippen LogP contribution in [0.25, 0.3) is 11.1 Å². The molecular formula is C25H26O. The second kappa shape index (κ2) is 6.64. The third-order valence-electron chi connectivity index (χ3n) is 5.30. The highest BCUT2D eigenvalue weighted by Crippen LogP contribution is 2.40. The quantitative estimate of drug-likeness (QED) is 0.513. The molecule has 0 unspecified atom stereocenters. The SMILES string of the molecule is CC(C)(C)c1ccc(-c2cccc3c2CC[C@H]3Oc2ccccc2)cc1. The van der Waals surface area contributed by atoms with E-state index in [4.69, 9.17) is 4.74 Å². The monoisotopic (exact) mass is 342 g/mol. The Balaban J connectivity index is 1.64. The molecule has 0 amide bonds. The normalized spacial score (nSPS) is 16.3. The zero-order valence-electron chi connectivity index (χ0n) is 15.8. The number of ether oxygens (including phenoxy) is 1. The standard InChI is InChI=1S/C25H26O/c1-25(2,3)19-14-12-18(13-15-19)21-10-7-11-23-22(21)16-17-24(23)26-20-8-5-4-6-9-20/h4-15,24H,16-17H2,1-3H3/t24-/m1/s1. The van der Waals surface area contributed by atoms with E-state index in [1.807, 2.05) is 30.3 Å². The highest BCUT2D eigenvalue weighted by molar-refractivity contribution is 5.70. The van der Waals surface area contributed by atoms with Gasteiger partial charge in [0.1, 0.15) is 11.9 Å². The van der Waals surface area contributed by atoms with Crippen molar-refractivity contribution in [2.75, 3.05) is 0 Å². The third-order valence-corrected chi connectivity index (χ3v) is 5.30. The molecule has 0 fully saturated rings. The molecule has 0 saturated carbocycles. The number of hydrogen-bond donors (Lipinski definition) is 0. The molecule has 0 heterocycles. The summed E-state index contributed by atoms with van der Waals surface area (Å²) < 4.78 is 6.26. The van der Waals surface area contributed by atoms with Gasteiger partial charge >= 0.3 is 0 Å². The van der Waals surface area contributed by atoms with Crippen LogP contribution in [0.4, 0.5) is 0 Å². The zero-order chi connectivity index (χ0) is 18.1. The van der Waals surface area contributed by atoms with Gasteiger partial charge in [-0.2, -0.15) is 0 Å². The first kappa shape index (κ1) is 16.9. The fourth-order valence-corrected chi connectivity index (χ4v) is 3.82. The number of para-hydroxylation sites is 1. The summed E-state index contributed by atoms with van der Waals surface area (Å²) in [5, 5.41) is 0. The van der Waals surface area contributed by atoms with E-state index in [2.05, 4.69) is 63.2 Å². The Bertz CT molecular complexity index is 886. The lowest BCUT2D eigenvalue weighted by atomic mass is 9.86. The summed E-state index contributed by atoms with van der Waals surface area (Å²) in [6.45, 7) is 6.77. The average Bonchev–Trinajstić information content (AvgIpc) is 3.05. The van der Waals surface area contributed by atoms with Crippen molar-refractivity contribution in [3.63, 3.8) is 0 Å². The molecule has 1 aliphatic rings. The summed E-state index contributed by atoms with van der Waals surface area (Å²) in [5.74, 6) is 0.949. The third kappa shape index (κ3) is 3.26. The summed E-state index contributed by atoms with van der Waals surface area (Å²) >= 11 is 0. The molecule has 3 aromatic rings. The van der Waals surface area contributed by atoms with Gasteiger partial charge in [0.05, 0.1) is 0 Å². The van der Waals surface area contributed by atoms with Crippen molar-refractivity contribution < 1.29 is 4.74 Å².